The summed E-state index contributed by atoms with van der Waals surface area (Å²) in [6.45, 7) is 0. The molecular weight excluding hydrogens is 373 g/mol. The Balaban J connectivity index is 2.23. The molecule has 0 aliphatic heterocycles. The topological polar surface area (TPSA) is 43.1 Å². The van der Waals surface area contributed by atoms with Crippen LogP contribution >= 0.6 is 27.5 Å². The second kappa shape index (κ2) is 4.96. The molecule has 0 bridgehead atoms. The largest absolute Gasteiger partial charge is 0.416 e. The Kier molecular flexibility index (Phi) is 3.37. The smallest absolute Gasteiger partial charge is 0.265 e. The first-order chi connectivity index (χ1) is 9.86. The van der Waals surface area contributed by atoms with Gasteiger partial charge in [-0.25, -0.2) is 4.98 Å². The molecule has 0 N–H and O–H groups in total. The van der Waals surface area contributed by atoms with Crippen molar-refractivity contribution >= 4 is 33.2 Å². The van der Waals surface area contributed by atoms with Crippen LogP contribution in [0.5, 0.6) is 0 Å². The molecule has 3 rings (SSSR count). The van der Waals surface area contributed by atoms with Crippen LogP contribution in [0.25, 0.3) is 17.0 Å². The quantitative estimate of drug-likeness (QED) is 0.596. The van der Waals surface area contributed by atoms with E-state index in [0.717, 1.165) is 12.1 Å². The van der Waals surface area contributed by atoms with Gasteiger partial charge in [0.1, 0.15) is 11.5 Å². The monoisotopic (exact) mass is 376 g/mol. The Bertz CT molecular complexity index is 831. The average Bonchev–Trinajstić information content (AvgIpc) is 2.80. The lowest BCUT2D eigenvalue weighted by atomic mass is 10.1. The summed E-state index contributed by atoms with van der Waals surface area (Å²) in [7, 11) is 0. The summed E-state index contributed by atoms with van der Waals surface area (Å²) in [4.78, 5) is 3.88. The Hall–Kier alpha value is -1.67. The van der Waals surface area contributed by atoms with Crippen molar-refractivity contribution in [2.24, 2.45) is 0 Å². The van der Waals surface area contributed by atoms with Crippen LogP contribution in [-0.2, 0) is 6.18 Å². The van der Waals surface area contributed by atoms with Gasteiger partial charge < -0.3 is 0 Å². The molecule has 0 aliphatic carbocycles. The molecule has 0 amide bonds. The van der Waals surface area contributed by atoms with E-state index in [9.17, 15) is 13.2 Å². The number of aromatic nitrogens is 4. The number of nitrogens with zero attached hydrogens (tertiary/aromatic N) is 4. The predicted molar refractivity (Wildman–Crippen MR) is 73.9 cm³/mol. The van der Waals surface area contributed by atoms with Crippen molar-refractivity contribution < 1.29 is 13.2 Å². The van der Waals surface area contributed by atoms with Gasteiger partial charge in [0, 0.05) is 16.1 Å². The summed E-state index contributed by atoms with van der Waals surface area (Å²) >= 11 is 8.96. The van der Waals surface area contributed by atoms with Gasteiger partial charge in [0.2, 0.25) is 0 Å². The fraction of sp³-hybridized carbons (Fsp3) is 0.0833. The number of halogens is 5. The first-order valence-electron chi connectivity index (χ1n) is 5.59. The Morgan fingerprint density at radius 1 is 1.14 bits per heavy atom. The highest BCUT2D eigenvalue weighted by Gasteiger charge is 2.31. The van der Waals surface area contributed by atoms with Gasteiger partial charge in [-0.3, -0.25) is 4.40 Å². The highest BCUT2D eigenvalue weighted by molar-refractivity contribution is 9.10. The van der Waals surface area contributed by atoms with Crippen LogP contribution < -0.4 is 0 Å². The maximum Gasteiger partial charge on any atom is 0.416 e. The van der Waals surface area contributed by atoms with Crippen molar-refractivity contribution in [1.82, 2.24) is 19.6 Å². The maximum atomic E-state index is 12.8. The highest BCUT2D eigenvalue weighted by atomic mass is 79.9. The van der Waals surface area contributed by atoms with Crippen molar-refractivity contribution in [2.75, 3.05) is 0 Å². The number of hydrogen-bond donors (Lipinski definition) is 0. The molecule has 0 saturated heterocycles. The summed E-state index contributed by atoms with van der Waals surface area (Å²) < 4.78 is 40.4. The van der Waals surface area contributed by atoms with Gasteiger partial charge in [0.05, 0.1) is 5.56 Å². The van der Waals surface area contributed by atoms with Gasteiger partial charge in [-0.1, -0.05) is 27.5 Å². The summed E-state index contributed by atoms with van der Waals surface area (Å²) in [5.41, 5.74) is -0.102. The lowest BCUT2D eigenvalue weighted by Gasteiger charge is -2.09. The van der Waals surface area contributed by atoms with E-state index in [1.54, 1.807) is 0 Å². The predicted octanol–water partition coefficient (Wildman–Crippen LogP) is 4.23. The van der Waals surface area contributed by atoms with Crippen LogP contribution in [-0.4, -0.2) is 19.6 Å². The van der Waals surface area contributed by atoms with Crippen LogP contribution in [0.2, 0.25) is 5.15 Å². The van der Waals surface area contributed by atoms with Gasteiger partial charge in [-0.05, 0) is 18.2 Å². The molecule has 1 aromatic carbocycles. The SMILES string of the molecule is FC(F)(F)c1ccc(Br)c(-c2nnc3cc(Cl)ncn23)c1. The molecule has 0 saturated carbocycles. The summed E-state index contributed by atoms with van der Waals surface area (Å²) in [5.74, 6) is 0.243. The van der Waals surface area contributed by atoms with Crippen molar-refractivity contribution in [2.45, 2.75) is 6.18 Å². The standard InChI is InChI=1S/C12H5BrClF3N4/c13-8-2-1-6(12(15,16)17)3-7(8)11-20-19-10-4-9(14)18-5-21(10)11/h1-5H. The molecule has 0 radical (unpaired) electrons. The molecule has 21 heavy (non-hydrogen) atoms. The third-order valence-electron chi connectivity index (χ3n) is 2.80. The van der Waals surface area contributed by atoms with Gasteiger partial charge in [0.15, 0.2) is 11.5 Å². The highest BCUT2D eigenvalue weighted by Crippen LogP contribution is 2.35. The van der Waals surface area contributed by atoms with E-state index in [1.165, 1.54) is 22.9 Å². The van der Waals surface area contributed by atoms with E-state index in [0.29, 0.717) is 10.1 Å². The Labute approximate surface area is 129 Å². The van der Waals surface area contributed by atoms with Gasteiger partial charge in [-0.15, -0.1) is 10.2 Å². The zero-order chi connectivity index (χ0) is 15.2. The maximum absolute atomic E-state index is 12.8. The number of rotatable bonds is 1. The second-order valence-corrected chi connectivity index (χ2v) is 5.40. The number of benzene rings is 1. The van der Waals surface area contributed by atoms with Crippen molar-refractivity contribution in [3.05, 3.63) is 45.8 Å². The zero-order valence-corrected chi connectivity index (χ0v) is 12.4. The molecule has 108 valence electrons. The van der Waals surface area contributed by atoms with Crippen LogP contribution in [0, 0.1) is 0 Å². The Morgan fingerprint density at radius 3 is 2.62 bits per heavy atom. The van der Waals surface area contributed by atoms with Crippen molar-refractivity contribution in [3.8, 4) is 11.4 Å². The van der Waals surface area contributed by atoms with Crippen molar-refractivity contribution in [1.29, 1.82) is 0 Å². The molecule has 0 spiro atoms. The molecule has 4 nitrogen and oxygen atoms in total. The molecule has 0 unspecified atom stereocenters. The van der Waals surface area contributed by atoms with E-state index < -0.39 is 11.7 Å². The zero-order valence-electron chi connectivity index (χ0n) is 10.1. The molecular formula is C12H5BrClF3N4. The number of alkyl halides is 3. The average molecular weight is 378 g/mol. The molecule has 0 aliphatic rings. The third kappa shape index (κ3) is 2.60. The minimum absolute atomic E-state index is 0.226. The third-order valence-corrected chi connectivity index (χ3v) is 3.70. The van der Waals surface area contributed by atoms with E-state index in [2.05, 4.69) is 31.1 Å². The van der Waals surface area contributed by atoms with Crippen LogP contribution in [0.1, 0.15) is 5.56 Å². The second-order valence-electron chi connectivity index (χ2n) is 4.16. The summed E-state index contributed by atoms with van der Waals surface area (Å²) in [6, 6.07) is 4.79. The minimum Gasteiger partial charge on any atom is -0.265 e. The van der Waals surface area contributed by atoms with Gasteiger partial charge in [-0.2, -0.15) is 13.2 Å². The Morgan fingerprint density at radius 2 is 1.90 bits per heavy atom. The fourth-order valence-electron chi connectivity index (χ4n) is 1.83. The van der Waals surface area contributed by atoms with Gasteiger partial charge in [0.25, 0.3) is 0 Å². The number of fused-ring (bicyclic) bond motifs is 1. The molecule has 2 aromatic heterocycles. The van der Waals surface area contributed by atoms with Crippen molar-refractivity contribution in [3.63, 3.8) is 0 Å². The van der Waals surface area contributed by atoms with E-state index >= 15 is 0 Å². The lowest BCUT2D eigenvalue weighted by Crippen LogP contribution is -2.05. The molecule has 3 aromatic rings. The first-order valence-corrected chi connectivity index (χ1v) is 6.77. The van der Waals surface area contributed by atoms with Crippen LogP contribution in [0.4, 0.5) is 13.2 Å². The van der Waals surface area contributed by atoms with E-state index in [-0.39, 0.29) is 16.5 Å². The molecule has 2 heterocycles. The van der Waals surface area contributed by atoms with E-state index in [4.69, 9.17) is 11.6 Å². The lowest BCUT2D eigenvalue weighted by molar-refractivity contribution is -0.137. The summed E-state index contributed by atoms with van der Waals surface area (Å²) in [5, 5.41) is 8.01. The first kappa shape index (κ1) is 14.3. The molecule has 0 atom stereocenters. The summed E-state index contributed by atoms with van der Waals surface area (Å²) in [6.07, 6.45) is -3.07. The van der Waals surface area contributed by atoms with Crippen LogP contribution in [0.15, 0.2) is 35.1 Å². The van der Waals surface area contributed by atoms with Gasteiger partial charge >= 0.3 is 6.18 Å². The van der Waals surface area contributed by atoms with E-state index in [1.807, 2.05) is 0 Å². The minimum atomic E-state index is -4.43. The fourth-order valence-corrected chi connectivity index (χ4v) is 2.39. The molecule has 0 fully saturated rings. The van der Waals surface area contributed by atoms with Crippen LogP contribution in [0.3, 0.4) is 0 Å². The number of hydrogen-bond acceptors (Lipinski definition) is 3. The normalized spacial score (nSPS) is 12.0. The molecule has 9 heteroatoms.